The minimum Gasteiger partial charge on any atom is -0.454 e. The van der Waals surface area contributed by atoms with Gasteiger partial charge in [-0.25, -0.2) is 8.78 Å². The predicted molar refractivity (Wildman–Crippen MR) is 95.7 cm³/mol. The van der Waals surface area contributed by atoms with Gasteiger partial charge in [0.05, 0.1) is 0 Å². The number of hydrogen-bond donors (Lipinski definition) is 0. The first-order valence-corrected chi connectivity index (χ1v) is 8.43. The van der Waals surface area contributed by atoms with Crippen LogP contribution in [0.3, 0.4) is 0 Å². The molecule has 136 valence electrons. The van der Waals surface area contributed by atoms with Gasteiger partial charge in [-0.2, -0.15) is 5.10 Å². The van der Waals surface area contributed by atoms with E-state index in [1.807, 2.05) is 42.3 Å². The first kappa shape index (κ1) is 16.8. The molecule has 0 N–H and O–H groups in total. The Bertz CT molecular complexity index is 845. The Balaban J connectivity index is 1.53. The molecule has 1 atom stereocenters. The van der Waals surface area contributed by atoms with Crippen LogP contribution in [0.5, 0.6) is 11.5 Å². The van der Waals surface area contributed by atoms with Crippen molar-refractivity contribution in [3.8, 4) is 11.5 Å². The molecule has 4 rings (SSSR count). The predicted octanol–water partition coefficient (Wildman–Crippen LogP) is 4.08. The third kappa shape index (κ3) is 3.09. The van der Waals surface area contributed by atoms with E-state index in [9.17, 15) is 8.78 Å². The molecule has 1 unspecified atom stereocenters. The van der Waals surface area contributed by atoms with Gasteiger partial charge in [0.2, 0.25) is 6.79 Å². The van der Waals surface area contributed by atoms with E-state index in [2.05, 4.69) is 16.9 Å². The van der Waals surface area contributed by atoms with Crippen molar-refractivity contribution in [2.24, 2.45) is 16.1 Å². The third-order valence-electron chi connectivity index (χ3n) is 4.87. The van der Waals surface area contributed by atoms with Crippen LogP contribution in [0.4, 0.5) is 8.78 Å². The SMILES string of the molecule is C=N/N=C(/CC1CC1(F)F)N1C=CC(c2ccc3c(c2)OCO3)=C(C)C1. The molecule has 0 amide bonds. The van der Waals surface area contributed by atoms with E-state index in [1.54, 1.807) is 0 Å². The van der Waals surface area contributed by atoms with Crippen molar-refractivity contribution in [2.75, 3.05) is 13.3 Å². The summed E-state index contributed by atoms with van der Waals surface area (Å²) >= 11 is 0. The molecule has 1 aromatic rings. The molecule has 0 bridgehead atoms. The Morgan fingerprint density at radius 1 is 1.35 bits per heavy atom. The van der Waals surface area contributed by atoms with Crippen LogP contribution in [0.2, 0.25) is 0 Å². The summed E-state index contributed by atoms with van der Waals surface area (Å²) in [5, 5.41) is 7.54. The number of hydrogen-bond acceptors (Lipinski definition) is 4. The molecule has 1 saturated carbocycles. The second-order valence-electron chi connectivity index (χ2n) is 6.73. The number of allylic oxidation sites excluding steroid dienone is 2. The van der Waals surface area contributed by atoms with E-state index in [0.717, 1.165) is 28.2 Å². The number of halogens is 2. The van der Waals surface area contributed by atoms with Gasteiger partial charge < -0.3 is 14.4 Å². The van der Waals surface area contributed by atoms with Crippen molar-refractivity contribution in [3.63, 3.8) is 0 Å². The van der Waals surface area contributed by atoms with Crippen LogP contribution in [-0.2, 0) is 0 Å². The largest absolute Gasteiger partial charge is 0.454 e. The number of nitrogens with zero attached hydrogens (tertiary/aromatic N) is 3. The van der Waals surface area contributed by atoms with Gasteiger partial charge in [-0.15, -0.1) is 5.10 Å². The van der Waals surface area contributed by atoms with Gasteiger partial charge in [-0.1, -0.05) is 6.07 Å². The molecule has 0 spiro atoms. The maximum Gasteiger partial charge on any atom is 0.252 e. The Labute approximate surface area is 150 Å². The van der Waals surface area contributed by atoms with Gasteiger partial charge in [0.15, 0.2) is 11.5 Å². The lowest BCUT2D eigenvalue weighted by molar-refractivity contribution is 0.0998. The smallest absolute Gasteiger partial charge is 0.252 e. The van der Waals surface area contributed by atoms with Crippen LogP contribution in [0.1, 0.15) is 25.3 Å². The second kappa shape index (κ2) is 6.23. The zero-order chi connectivity index (χ0) is 18.3. The highest BCUT2D eigenvalue weighted by Crippen LogP contribution is 2.51. The van der Waals surface area contributed by atoms with Crippen molar-refractivity contribution in [1.29, 1.82) is 0 Å². The quantitative estimate of drug-likeness (QED) is 0.462. The van der Waals surface area contributed by atoms with Crippen LogP contribution in [-0.4, -0.2) is 36.7 Å². The summed E-state index contributed by atoms with van der Waals surface area (Å²) in [6.45, 7) is 6.17. The summed E-state index contributed by atoms with van der Waals surface area (Å²) in [4.78, 5) is 1.86. The lowest BCUT2D eigenvalue weighted by Gasteiger charge is -2.27. The second-order valence-corrected chi connectivity index (χ2v) is 6.73. The molecule has 1 aromatic carbocycles. The van der Waals surface area contributed by atoms with E-state index in [0.29, 0.717) is 12.4 Å². The van der Waals surface area contributed by atoms with Crippen molar-refractivity contribution in [2.45, 2.75) is 25.7 Å². The summed E-state index contributed by atoms with van der Waals surface area (Å²) in [5.41, 5.74) is 3.20. The fourth-order valence-electron chi connectivity index (χ4n) is 3.29. The van der Waals surface area contributed by atoms with Crippen LogP contribution in [0, 0.1) is 5.92 Å². The molecule has 7 heteroatoms. The molecular formula is C19H19F2N3O2. The van der Waals surface area contributed by atoms with Gasteiger partial charge in [0, 0.05) is 38.2 Å². The van der Waals surface area contributed by atoms with E-state index in [1.165, 1.54) is 0 Å². The van der Waals surface area contributed by atoms with E-state index in [-0.39, 0.29) is 19.6 Å². The first-order valence-electron chi connectivity index (χ1n) is 8.43. The number of amidine groups is 1. The fourth-order valence-corrected chi connectivity index (χ4v) is 3.29. The van der Waals surface area contributed by atoms with E-state index >= 15 is 0 Å². The lowest BCUT2D eigenvalue weighted by Crippen LogP contribution is -2.30. The fraction of sp³-hybridized carbons (Fsp3) is 0.368. The minimum absolute atomic E-state index is 0.0853. The van der Waals surface area contributed by atoms with Gasteiger partial charge in [0.25, 0.3) is 5.92 Å². The molecule has 0 aromatic heterocycles. The molecule has 3 aliphatic rings. The zero-order valence-electron chi connectivity index (χ0n) is 14.4. The molecule has 0 saturated heterocycles. The third-order valence-corrected chi connectivity index (χ3v) is 4.87. The Hall–Kier alpha value is -2.70. The topological polar surface area (TPSA) is 46.4 Å². The normalized spacial score (nSPS) is 23.4. The van der Waals surface area contributed by atoms with Gasteiger partial charge >= 0.3 is 0 Å². The summed E-state index contributed by atoms with van der Waals surface area (Å²) in [6.07, 6.45) is 3.93. The first-order chi connectivity index (χ1) is 12.5. The zero-order valence-corrected chi connectivity index (χ0v) is 14.4. The van der Waals surface area contributed by atoms with Crippen LogP contribution < -0.4 is 9.47 Å². The van der Waals surface area contributed by atoms with Crippen molar-refractivity contribution >= 4 is 18.1 Å². The van der Waals surface area contributed by atoms with Crippen molar-refractivity contribution in [3.05, 3.63) is 41.6 Å². The molecule has 5 nitrogen and oxygen atoms in total. The Morgan fingerprint density at radius 2 is 2.12 bits per heavy atom. The summed E-state index contributed by atoms with van der Waals surface area (Å²) in [6, 6.07) is 5.82. The molecular weight excluding hydrogens is 340 g/mol. The standard InChI is InChI=1S/C19H19F2N3O2/c1-12-10-24(18(23-22-2)8-14-9-19(14,20)21)6-5-15(12)13-3-4-16-17(7-13)26-11-25-16/h3-7,14H,2,8-11H2,1H3/b23-18-. The van der Waals surface area contributed by atoms with Gasteiger partial charge in [0.1, 0.15) is 5.84 Å². The minimum atomic E-state index is -2.58. The summed E-state index contributed by atoms with van der Waals surface area (Å²) < 4.78 is 37.3. The molecule has 1 aliphatic carbocycles. The monoisotopic (exact) mass is 359 g/mol. The van der Waals surface area contributed by atoms with Crippen LogP contribution in [0.15, 0.2) is 46.3 Å². The maximum atomic E-state index is 13.3. The lowest BCUT2D eigenvalue weighted by atomic mass is 9.97. The Kier molecular flexibility index (Phi) is 4.01. The molecule has 0 radical (unpaired) electrons. The summed E-state index contributed by atoms with van der Waals surface area (Å²) in [5.74, 6) is -1.25. The van der Waals surface area contributed by atoms with Gasteiger partial charge in [-0.3, -0.25) is 0 Å². The van der Waals surface area contributed by atoms with Gasteiger partial charge in [-0.05, 0) is 41.8 Å². The number of alkyl halides is 2. The van der Waals surface area contributed by atoms with E-state index in [4.69, 9.17) is 9.47 Å². The highest BCUT2D eigenvalue weighted by atomic mass is 19.3. The van der Waals surface area contributed by atoms with Crippen LogP contribution in [0.25, 0.3) is 5.57 Å². The average molecular weight is 359 g/mol. The number of rotatable bonds is 4. The summed E-state index contributed by atoms with van der Waals surface area (Å²) in [7, 11) is 0. The molecule has 26 heavy (non-hydrogen) atoms. The number of fused-ring (bicyclic) bond motifs is 1. The number of benzene rings is 1. The number of ether oxygens (including phenoxy) is 2. The van der Waals surface area contributed by atoms with Crippen molar-refractivity contribution in [1.82, 2.24) is 4.90 Å². The highest BCUT2D eigenvalue weighted by molar-refractivity contribution is 5.87. The Morgan fingerprint density at radius 3 is 2.81 bits per heavy atom. The molecule has 2 heterocycles. The highest BCUT2D eigenvalue weighted by Gasteiger charge is 2.57. The average Bonchev–Trinajstić information content (AvgIpc) is 3.01. The van der Waals surface area contributed by atoms with Crippen LogP contribution >= 0.6 is 0 Å². The maximum absolute atomic E-state index is 13.3. The van der Waals surface area contributed by atoms with Crippen molar-refractivity contribution < 1.29 is 18.3 Å². The molecule has 1 fully saturated rings. The van der Waals surface area contributed by atoms with E-state index < -0.39 is 11.8 Å². The molecule has 2 aliphatic heterocycles.